The highest BCUT2D eigenvalue weighted by atomic mass is 32.2. The number of hydrogen-bond acceptors (Lipinski definition) is 4. The number of carbonyl (C=O) groups is 2. The van der Waals surface area contributed by atoms with E-state index in [0.29, 0.717) is 22.4 Å². The van der Waals surface area contributed by atoms with Gasteiger partial charge in [-0.3, -0.25) is 13.9 Å². The van der Waals surface area contributed by atoms with E-state index in [1.165, 1.54) is 29.2 Å². The lowest BCUT2D eigenvalue weighted by Gasteiger charge is -2.34. The molecule has 2 amide bonds. The lowest BCUT2D eigenvalue weighted by atomic mass is 10.0. The zero-order chi connectivity index (χ0) is 31.1. The Morgan fingerprint density at radius 1 is 0.929 bits per heavy atom. The highest BCUT2D eigenvalue weighted by Gasteiger charge is 2.35. The van der Waals surface area contributed by atoms with Gasteiger partial charge in [0.05, 0.1) is 17.5 Å². The Bertz CT molecular complexity index is 1470. The van der Waals surface area contributed by atoms with E-state index in [2.05, 4.69) is 5.32 Å². The molecule has 0 saturated carbocycles. The van der Waals surface area contributed by atoms with Gasteiger partial charge in [0, 0.05) is 19.0 Å². The number of carbonyl (C=O) groups excluding carboxylic acids is 2. The highest BCUT2D eigenvalue weighted by molar-refractivity contribution is 7.92. The highest BCUT2D eigenvalue weighted by Crippen LogP contribution is 2.32. The smallest absolute Gasteiger partial charge is 0.352 e. The van der Waals surface area contributed by atoms with Gasteiger partial charge in [0.25, 0.3) is 0 Å². The molecule has 12 heteroatoms. The summed E-state index contributed by atoms with van der Waals surface area (Å²) >= 11 is 0. The number of hydrogen-bond donors (Lipinski definition) is 1. The van der Waals surface area contributed by atoms with Crippen LogP contribution in [0.5, 0.6) is 0 Å². The van der Waals surface area contributed by atoms with Gasteiger partial charge in [-0.25, -0.2) is 12.8 Å². The first-order valence-electron chi connectivity index (χ1n) is 13.2. The molecule has 0 radical (unpaired) electrons. The lowest BCUT2D eigenvalue weighted by Crippen LogP contribution is -2.54. The third-order valence-corrected chi connectivity index (χ3v) is 7.82. The number of halogens is 4. The second-order valence-electron chi connectivity index (χ2n) is 9.99. The van der Waals surface area contributed by atoms with Gasteiger partial charge in [0.15, 0.2) is 0 Å². The standard InChI is InChI=1S/C30H33F4N3O4S/c1-4-21(2)35-29(39)27(17-22-9-6-5-7-10-22)36(19-23-13-15-25(31)16-14-23)28(38)20-37(42(3,40)41)26-12-8-11-24(18-26)30(32,33)34/h5-16,18,21,27H,4,17,19-20H2,1-3H3,(H,35,39)/t21-,27-/m1/s1. The zero-order valence-corrected chi connectivity index (χ0v) is 24.3. The van der Waals surface area contributed by atoms with Gasteiger partial charge in [0.1, 0.15) is 18.4 Å². The summed E-state index contributed by atoms with van der Waals surface area (Å²) in [6.45, 7) is 2.61. The van der Waals surface area contributed by atoms with Crippen molar-refractivity contribution in [1.29, 1.82) is 0 Å². The van der Waals surface area contributed by atoms with Crippen molar-refractivity contribution >= 4 is 27.5 Å². The van der Waals surface area contributed by atoms with E-state index in [9.17, 15) is 35.6 Å². The summed E-state index contributed by atoms with van der Waals surface area (Å²) < 4.78 is 80.0. The minimum absolute atomic E-state index is 0.0679. The predicted octanol–water partition coefficient (Wildman–Crippen LogP) is 5.17. The fourth-order valence-corrected chi connectivity index (χ4v) is 5.07. The van der Waals surface area contributed by atoms with Gasteiger partial charge in [-0.05, 0) is 54.8 Å². The lowest BCUT2D eigenvalue weighted by molar-refractivity contribution is -0.140. The van der Waals surface area contributed by atoms with E-state index in [1.807, 2.05) is 6.92 Å². The van der Waals surface area contributed by atoms with Crippen molar-refractivity contribution in [3.8, 4) is 0 Å². The summed E-state index contributed by atoms with van der Waals surface area (Å²) in [5, 5.41) is 2.87. The van der Waals surface area contributed by atoms with Crippen LogP contribution in [0.1, 0.15) is 37.0 Å². The Morgan fingerprint density at radius 3 is 2.14 bits per heavy atom. The number of rotatable bonds is 12. The van der Waals surface area contributed by atoms with Crippen LogP contribution in [-0.2, 0) is 38.8 Å². The third-order valence-electron chi connectivity index (χ3n) is 6.68. The van der Waals surface area contributed by atoms with Crippen LogP contribution in [0.4, 0.5) is 23.2 Å². The maximum Gasteiger partial charge on any atom is 0.416 e. The number of alkyl halides is 3. The minimum Gasteiger partial charge on any atom is -0.352 e. The third kappa shape index (κ3) is 9.04. The Hall–Kier alpha value is -3.93. The second-order valence-corrected chi connectivity index (χ2v) is 11.9. The summed E-state index contributed by atoms with van der Waals surface area (Å²) in [5.41, 5.74) is -0.258. The summed E-state index contributed by atoms with van der Waals surface area (Å²) in [7, 11) is -4.25. The van der Waals surface area contributed by atoms with Crippen LogP contribution < -0.4 is 9.62 Å². The van der Waals surface area contributed by atoms with Gasteiger partial charge in [0.2, 0.25) is 21.8 Å². The van der Waals surface area contributed by atoms with Crippen LogP contribution in [-0.4, -0.2) is 50.0 Å². The molecule has 0 unspecified atom stereocenters. The molecule has 0 aliphatic rings. The van der Waals surface area contributed by atoms with E-state index in [1.54, 1.807) is 37.3 Å². The van der Waals surface area contributed by atoms with E-state index in [0.717, 1.165) is 30.0 Å². The molecule has 0 aliphatic heterocycles. The molecule has 0 heterocycles. The van der Waals surface area contributed by atoms with Crippen LogP contribution in [0.2, 0.25) is 0 Å². The van der Waals surface area contributed by atoms with E-state index >= 15 is 0 Å². The van der Waals surface area contributed by atoms with Gasteiger partial charge in [-0.15, -0.1) is 0 Å². The van der Waals surface area contributed by atoms with Crippen molar-refractivity contribution in [3.05, 3.63) is 101 Å². The molecule has 3 aromatic rings. The number of nitrogens with zero attached hydrogens (tertiary/aromatic N) is 2. The minimum atomic E-state index is -4.74. The average molecular weight is 608 g/mol. The van der Waals surface area contributed by atoms with Gasteiger partial charge >= 0.3 is 6.18 Å². The molecule has 3 rings (SSSR count). The normalized spacial score (nSPS) is 13.2. The van der Waals surface area contributed by atoms with Crippen molar-refractivity contribution in [2.45, 2.75) is 51.5 Å². The number of nitrogens with one attached hydrogen (secondary N) is 1. The SMILES string of the molecule is CC[C@@H](C)NC(=O)[C@@H](Cc1ccccc1)N(Cc1ccc(F)cc1)C(=O)CN(c1cccc(C(F)(F)F)c1)S(C)(=O)=O. The molecule has 2 atom stereocenters. The van der Waals surface area contributed by atoms with Crippen molar-refractivity contribution < 1.29 is 35.6 Å². The van der Waals surface area contributed by atoms with Crippen LogP contribution in [0.3, 0.4) is 0 Å². The molecule has 3 aromatic carbocycles. The Morgan fingerprint density at radius 2 is 1.57 bits per heavy atom. The topological polar surface area (TPSA) is 86.8 Å². The number of sulfonamides is 1. The molecule has 0 bridgehead atoms. The first kappa shape index (κ1) is 32.6. The number of benzene rings is 3. The molecule has 7 nitrogen and oxygen atoms in total. The molecule has 0 spiro atoms. The van der Waals surface area contributed by atoms with E-state index in [-0.39, 0.29) is 24.7 Å². The number of anilines is 1. The Labute approximate surface area is 243 Å². The molecule has 1 N–H and O–H groups in total. The summed E-state index contributed by atoms with van der Waals surface area (Å²) in [6, 6.07) is 16.4. The first-order valence-corrected chi connectivity index (χ1v) is 15.1. The van der Waals surface area contributed by atoms with Gasteiger partial charge in [-0.2, -0.15) is 13.2 Å². The maximum absolute atomic E-state index is 14.0. The molecule has 42 heavy (non-hydrogen) atoms. The first-order chi connectivity index (χ1) is 19.7. The van der Waals surface area contributed by atoms with Crippen LogP contribution >= 0.6 is 0 Å². The molecular formula is C30H33F4N3O4S. The fraction of sp³-hybridized carbons (Fsp3) is 0.333. The summed E-state index contributed by atoms with van der Waals surface area (Å²) in [4.78, 5) is 28.7. The fourth-order valence-electron chi connectivity index (χ4n) is 4.23. The molecule has 0 fully saturated rings. The quantitative estimate of drug-likeness (QED) is 0.288. The largest absolute Gasteiger partial charge is 0.416 e. The van der Waals surface area contributed by atoms with Crippen molar-refractivity contribution in [1.82, 2.24) is 10.2 Å². The van der Waals surface area contributed by atoms with Crippen LogP contribution in [0.15, 0.2) is 78.9 Å². The van der Waals surface area contributed by atoms with Gasteiger partial charge in [-0.1, -0.05) is 55.5 Å². The van der Waals surface area contributed by atoms with E-state index in [4.69, 9.17) is 0 Å². The van der Waals surface area contributed by atoms with Gasteiger partial charge < -0.3 is 10.2 Å². The Kier molecular flexibility index (Phi) is 10.7. The Balaban J connectivity index is 2.08. The monoisotopic (exact) mass is 607 g/mol. The van der Waals surface area contributed by atoms with E-state index < -0.39 is 52.0 Å². The molecule has 0 aliphatic carbocycles. The second kappa shape index (κ2) is 13.8. The average Bonchev–Trinajstić information content (AvgIpc) is 2.93. The molecule has 226 valence electrons. The number of amides is 2. The maximum atomic E-state index is 14.0. The predicted molar refractivity (Wildman–Crippen MR) is 152 cm³/mol. The summed E-state index contributed by atoms with van der Waals surface area (Å²) in [5.74, 6) is -1.84. The molecular weight excluding hydrogens is 574 g/mol. The molecule has 0 aromatic heterocycles. The molecule has 0 saturated heterocycles. The van der Waals surface area contributed by atoms with Crippen molar-refractivity contribution in [3.63, 3.8) is 0 Å². The van der Waals surface area contributed by atoms with Crippen LogP contribution in [0.25, 0.3) is 0 Å². The van der Waals surface area contributed by atoms with Crippen LogP contribution in [0, 0.1) is 5.82 Å². The van der Waals surface area contributed by atoms with Crippen molar-refractivity contribution in [2.24, 2.45) is 0 Å². The summed E-state index contributed by atoms with van der Waals surface area (Å²) in [6.07, 6.45) is -3.29. The zero-order valence-electron chi connectivity index (χ0n) is 23.4. The van der Waals surface area contributed by atoms with Crippen molar-refractivity contribution in [2.75, 3.05) is 17.1 Å².